The van der Waals surface area contributed by atoms with E-state index in [-0.39, 0.29) is 27.5 Å². The lowest BCUT2D eigenvalue weighted by molar-refractivity contribution is -0.385. The van der Waals surface area contributed by atoms with Gasteiger partial charge >= 0.3 is 0 Å². The number of hydrogen-bond donors (Lipinski definition) is 2. The zero-order chi connectivity index (χ0) is 21.0. The molecule has 10 heteroatoms. The zero-order valence-electron chi connectivity index (χ0n) is 14.7. The largest absolute Gasteiger partial charge is 0.322 e. The zero-order valence-corrected chi connectivity index (χ0v) is 15.5. The number of carbonyl (C=O) groups excluding carboxylic acids is 1. The van der Waals surface area contributed by atoms with Gasteiger partial charge in [0, 0.05) is 17.8 Å². The minimum atomic E-state index is -4.20. The Bertz CT molecular complexity index is 1200. The van der Waals surface area contributed by atoms with Crippen LogP contribution in [0.15, 0.2) is 77.7 Å². The van der Waals surface area contributed by atoms with Gasteiger partial charge in [-0.25, -0.2) is 12.8 Å². The summed E-state index contributed by atoms with van der Waals surface area (Å²) in [6, 6.07) is 15.6. The van der Waals surface area contributed by atoms with Gasteiger partial charge in [-0.3, -0.25) is 19.6 Å². The summed E-state index contributed by atoms with van der Waals surface area (Å²) in [5.41, 5.74) is -0.227. The van der Waals surface area contributed by atoms with E-state index in [2.05, 4.69) is 10.0 Å². The highest BCUT2D eigenvalue weighted by Gasteiger charge is 2.21. The summed E-state index contributed by atoms with van der Waals surface area (Å²) < 4.78 is 40.8. The first-order valence-electron chi connectivity index (χ1n) is 8.19. The van der Waals surface area contributed by atoms with Crippen molar-refractivity contribution in [3.63, 3.8) is 0 Å². The Morgan fingerprint density at radius 3 is 2.41 bits per heavy atom. The molecular weight excluding hydrogens is 401 g/mol. The van der Waals surface area contributed by atoms with Crippen LogP contribution in [-0.4, -0.2) is 19.2 Å². The van der Waals surface area contributed by atoms with Crippen LogP contribution in [0.2, 0.25) is 0 Å². The third kappa shape index (κ3) is 4.74. The van der Waals surface area contributed by atoms with Crippen molar-refractivity contribution in [3.05, 3.63) is 94.3 Å². The Morgan fingerprint density at radius 1 is 0.966 bits per heavy atom. The van der Waals surface area contributed by atoms with Gasteiger partial charge in [-0.05, 0) is 36.4 Å². The summed E-state index contributed by atoms with van der Waals surface area (Å²) in [5, 5.41) is 13.4. The van der Waals surface area contributed by atoms with E-state index < -0.39 is 26.7 Å². The average molecular weight is 415 g/mol. The number of nitro groups is 1. The van der Waals surface area contributed by atoms with Gasteiger partial charge in [0.25, 0.3) is 21.6 Å². The third-order valence-electron chi connectivity index (χ3n) is 3.84. The number of halogens is 1. The number of rotatable bonds is 6. The minimum Gasteiger partial charge on any atom is -0.322 e. The van der Waals surface area contributed by atoms with Crippen LogP contribution in [0.5, 0.6) is 0 Å². The van der Waals surface area contributed by atoms with E-state index in [0.717, 1.165) is 12.1 Å². The number of benzene rings is 3. The maximum absolute atomic E-state index is 13.3. The summed E-state index contributed by atoms with van der Waals surface area (Å²) in [6.45, 7) is 0. The van der Waals surface area contributed by atoms with Gasteiger partial charge in [-0.1, -0.05) is 24.3 Å². The molecule has 3 rings (SSSR count). The Hall–Kier alpha value is -3.79. The monoisotopic (exact) mass is 415 g/mol. The second kappa shape index (κ2) is 8.07. The fourth-order valence-electron chi connectivity index (χ4n) is 2.50. The van der Waals surface area contributed by atoms with Crippen LogP contribution in [0.3, 0.4) is 0 Å². The fourth-order valence-corrected chi connectivity index (χ4v) is 3.62. The Labute approximate surface area is 165 Å². The Balaban J connectivity index is 1.89. The topological polar surface area (TPSA) is 118 Å². The summed E-state index contributed by atoms with van der Waals surface area (Å²) >= 11 is 0. The van der Waals surface area contributed by atoms with Crippen molar-refractivity contribution in [3.8, 4) is 0 Å². The van der Waals surface area contributed by atoms with Crippen molar-refractivity contribution in [1.29, 1.82) is 0 Å². The van der Waals surface area contributed by atoms with Crippen molar-refractivity contribution in [2.75, 3.05) is 10.0 Å². The minimum absolute atomic E-state index is 0.00855. The first-order valence-corrected chi connectivity index (χ1v) is 9.68. The molecule has 0 unspecified atom stereocenters. The molecule has 2 N–H and O–H groups in total. The Kier molecular flexibility index (Phi) is 5.55. The predicted octanol–water partition coefficient (Wildman–Crippen LogP) is 3.79. The van der Waals surface area contributed by atoms with Gasteiger partial charge in [0.15, 0.2) is 0 Å². The molecule has 0 atom stereocenters. The number of nitrogens with one attached hydrogen (secondary N) is 2. The number of anilines is 2. The predicted molar refractivity (Wildman–Crippen MR) is 105 cm³/mol. The molecule has 0 radical (unpaired) electrons. The molecule has 0 bridgehead atoms. The first-order chi connectivity index (χ1) is 13.8. The van der Waals surface area contributed by atoms with Crippen LogP contribution in [0.1, 0.15) is 10.4 Å². The van der Waals surface area contributed by atoms with Gasteiger partial charge in [0.1, 0.15) is 5.82 Å². The number of para-hydroxylation sites is 1. The van der Waals surface area contributed by atoms with Crippen LogP contribution in [0, 0.1) is 15.9 Å². The molecule has 0 aliphatic rings. The SMILES string of the molecule is O=C(Nc1cccc(F)c1)c1ccccc1NS(=O)(=O)c1cccc([N+](=O)[O-])c1. The highest BCUT2D eigenvalue weighted by molar-refractivity contribution is 7.92. The van der Waals surface area contributed by atoms with Crippen LogP contribution >= 0.6 is 0 Å². The Morgan fingerprint density at radius 2 is 1.69 bits per heavy atom. The standard InChI is InChI=1S/C19H14FN3O5S/c20-13-5-3-6-14(11-13)21-19(24)17-9-1-2-10-18(17)22-29(27,28)16-8-4-7-15(12-16)23(25)26/h1-12,22H,(H,21,24). The van der Waals surface area contributed by atoms with E-state index in [9.17, 15) is 27.7 Å². The number of carbonyl (C=O) groups is 1. The maximum Gasteiger partial charge on any atom is 0.270 e. The average Bonchev–Trinajstić information content (AvgIpc) is 2.68. The van der Waals surface area contributed by atoms with Crippen LogP contribution in [-0.2, 0) is 10.0 Å². The van der Waals surface area contributed by atoms with Crippen LogP contribution < -0.4 is 10.0 Å². The third-order valence-corrected chi connectivity index (χ3v) is 5.20. The lowest BCUT2D eigenvalue weighted by Gasteiger charge is -2.13. The van der Waals surface area contributed by atoms with Crippen molar-refractivity contribution in [2.24, 2.45) is 0 Å². The van der Waals surface area contributed by atoms with Gasteiger partial charge in [0.2, 0.25) is 0 Å². The molecule has 0 saturated carbocycles. The molecule has 0 aliphatic carbocycles. The number of amides is 1. The molecule has 8 nitrogen and oxygen atoms in total. The van der Waals surface area contributed by atoms with Crippen LogP contribution in [0.4, 0.5) is 21.5 Å². The van der Waals surface area contributed by atoms with E-state index in [1.165, 1.54) is 60.7 Å². The van der Waals surface area contributed by atoms with Crippen molar-refractivity contribution in [1.82, 2.24) is 0 Å². The quantitative estimate of drug-likeness (QED) is 0.469. The maximum atomic E-state index is 13.3. The van der Waals surface area contributed by atoms with Gasteiger partial charge in [0.05, 0.1) is 21.1 Å². The number of non-ortho nitro benzene ring substituents is 1. The summed E-state index contributed by atoms with van der Waals surface area (Å²) in [7, 11) is -4.20. The number of nitrogens with zero attached hydrogens (tertiary/aromatic N) is 1. The van der Waals surface area contributed by atoms with Gasteiger partial charge in [-0.2, -0.15) is 0 Å². The molecule has 0 heterocycles. The molecule has 29 heavy (non-hydrogen) atoms. The molecule has 0 fully saturated rings. The van der Waals surface area contributed by atoms with Crippen molar-refractivity contribution >= 4 is 33.0 Å². The number of hydrogen-bond acceptors (Lipinski definition) is 5. The van der Waals surface area contributed by atoms with E-state index in [0.29, 0.717) is 0 Å². The molecule has 0 aromatic heterocycles. The molecule has 1 amide bonds. The molecule has 0 saturated heterocycles. The highest BCUT2D eigenvalue weighted by Crippen LogP contribution is 2.23. The second-order valence-electron chi connectivity index (χ2n) is 5.87. The second-order valence-corrected chi connectivity index (χ2v) is 7.55. The van der Waals surface area contributed by atoms with E-state index in [4.69, 9.17) is 0 Å². The summed E-state index contributed by atoms with van der Waals surface area (Å²) in [4.78, 5) is 22.4. The molecule has 3 aromatic rings. The molecular formula is C19H14FN3O5S. The van der Waals surface area contributed by atoms with Crippen molar-refractivity contribution in [2.45, 2.75) is 4.90 Å². The first kappa shape index (κ1) is 20.0. The number of nitro benzene ring substituents is 1. The number of sulfonamides is 1. The smallest absolute Gasteiger partial charge is 0.270 e. The van der Waals surface area contributed by atoms with Gasteiger partial charge < -0.3 is 5.32 Å². The molecule has 0 aliphatic heterocycles. The fraction of sp³-hybridized carbons (Fsp3) is 0. The van der Waals surface area contributed by atoms with E-state index in [1.807, 2.05) is 0 Å². The lowest BCUT2D eigenvalue weighted by Crippen LogP contribution is -2.18. The van der Waals surface area contributed by atoms with Crippen molar-refractivity contribution < 1.29 is 22.5 Å². The van der Waals surface area contributed by atoms with E-state index in [1.54, 1.807) is 0 Å². The molecule has 3 aromatic carbocycles. The molecule has 0 spiro atoms. The normalized spacial score (nSPS) is 10.9. The van der Waals surface area contributed by atoms with E-state index >= 15 is 0 Å². The molecule has 148 valence electrons. The summed E-state index contributed by atoms with van der Waals surface area (Å²) in [6.07, 6.45) is 0. The van der Waals surface area contributed by atoms with Crippen LogP contribution in [0.25, 0.3) is 0 Å². The van der Waals surface area contributed by atoms with Gasteiger partial charge in [-0.15, -0.1) is 0 Å². The summed E-state index contributed by atoms with van der Waals surface area (Å²) in [5.74, 6) is -1.20. The lowest BCUT2D eigenvalue weighted by atomic mass is 10.1. The highest BCUT2D eigenvalue weighted by atomic mass is 32.2.